The molecule has 1 unspecified atom stereocenters. The molecule has 1 fully saturated rings. The van der Waals surface area contributed by atoms with Gasteiger partial charge in [0.25, 0.3) is 5.91 Å². The lowest BCUT2D eigenvalue weighted by Gasteiger charge is -2.53. The zero-order chi connectivity index (χ0) is 22.6. The summed E-state index contributed by atoms with van der Waals surface area (Å²) in [5.41, 5.74) is 4.90. The molecule has 3 aliphatic rings. The van der Waals surface area contributed by atoms with Crippen LogP contribution in [0.5, 0.6) is 0 Å². The standard InChI is InChI=1S/C24H22Cl2N4O2/c1-3-13(2)22-24(17-8-7-16(26)10-19(17)27-23(24)32)18(14-5-4-6-15(25)9-14)11-20-28-29-21(31)12-30(20)22/h4-10,18,22H,2-3,11-12H2,1H3,(H,27,32)(H,29,31)/t18-,22+,24?/m0/s1. The molecule has 2 aromatic carbocycles. The van der Waals surface area contributed by atoms with Crippen LogP contribution in [-0.4, -0.2) is 35.1 Å². The number of nitrogens with zero attached hydrogens (tertiary/aromatic N) is 2. The van der Waals surface area contributed by atoms with Gasteiger partial charge >= 0.3 is 0 Å². The lowest BCUT2D eigenvalue weighted by molar-refractivity contribution is -0.127. The van der Waals surface area contributed by atoms with Crippen LogP contribution in [0.15, 0.2) is 59.7 Å². The minimum absolute atomic E-state index is 0.114. The topological polar surface area (TPSA) is 73.8 Å². The molecule has 2 N–H and O–H groups in total. The van der Waals surface area contributed by atoms with Gasteiger partial charge in [-0.2, -0.15) is 5.10 Å². The average Bonchev–Trinajstić information content (AvgIpc) is 3.04. The van der Waals surface area contributed by atoms with Gasteiger partial charge in [-0.05, 0) is 41.8 Å². The van der Waals surface area contributed by atoms with E-state index in [1.165, 1.54) is 0 Å². The molecule has 5 rings (SSSR count). The molecule has 3 aliphatic heterocycles. The lowest BCUT2D eigenvalue weighted by Crippen LogP contribution is -2.66. The van der Waals surface area contributed by atoms with E-state index in [-0.39, 0.29) is 24.3 Å². The van der Waals surface area contributed by atoms with Crippen LogP contribution in [0.1, 0.15) is 36.8 Å². The molecule has 2 aromatic rings. The molecule has 0 saturated carbocycles. The van der Waals surface area contributed by atoms with Gasteiger partial charge in [0.2, 0.25) is 5.91 Å². The molecule has 6 nitrogen and oxygen atoms in total. The third-order valence-electron chi connectivity index (χ3n) is 6.78. The highest BCUT2D eigenvalue weighted by atomic mass is 35.5. The largest absolute Gasteiger partial charge is 0.341 e. The number of hydrogen-bond acceptors (Lipinski definition) is 4. The van der Waals surface area contributed by atoms with Gasteiger partial charge in [-0.25, -0.2) is 5.43 Å². The first-order chi connectivity index (χ1) is 15.4. The van der Waals surface area contributed by atoms with E-state index in [2.05, 4.69) is 22.4 Å². The summed E-state index contributed by atoms with van der Waals surface area (Å²) >= 11 is 12.6. The number of hydrogen-bond donors (Lipinski definition) is 2. The number of carbonyl (C=O) groups is 2. The Morgan fingerprint density at radius 1 is 1.22 bits per heavy atom. The molecule has 0 aromatic heterocycles. The van der Waals surface area contributed by atoms with E-state index in [1.807, 2.05) is 42.2 Å². The van der Waals surface area contributed by atoms with E-state index < -0.39 is 11.5 Å². The summed E-state index contributed by atoms with van der Waals surface area (Å²) in [6, 6.07) is 12.6. The monoisotopic (exact) mass is 468 g/mol. The van der Waals surface area contributed by atoms with E-state index in [4.69, 9.17) is 23.2 Å². The summed E-state index contributed by atoms with van der Waals surface area (Å²) in [6.07, 6.45) is 1.11. The fourth-order valence-corrected chi connectivity index (χ4v) is 5.81. The Kier molecular flexibility index (Phi) is 5.02. The molecule has 3 heterocycles. The number of benzene rings is 2. The SMILES string of the molecule is C=C(CC)[C@H]1N2CC(=O)NN=C2C[C@@H](c2cccc(Cl)c2)C12C(=O)Nc1cc(Cl)ccc12. The third kappa shape index (κ3) is 2.97. The van der Waals surface area contributed by atoms with Crippen LogP contribution in [0.4, 0.5) is 5.69 Å². The summed E-state index contributed by atoms with van der Waals surface area (Å²) in [5, 5.41) is 8.57. The highest BCUT2D eigenvalue weighted by molar-refractivity contribution is 6.31. The van der Waals surface area contributed by atoms with Crippen LogP contribution in [0.25, 0.3) is 0 Å². The number of anilines is 1. The second-order valence-electron chi connectivity index (χ2n) is 8.43. The summed E-state index contributed by atoms with van der Waals surface area (Å²) in [6.45, 7) is 6.47. The van der Waals surface area contributed by atoms with Crippen molar-refractivity contribution < 1.29 is 9.59 Å². The number of amidine groups is 1. The number of rotatable bonds is 3. The van der Waals surface area contributed by atoms with Crippen LogP contribution in [0, 0.1) is 0 Å². The average molecular weight is 469 g/mol. The van der Waals surface area contributed by atoms with Gasteiger partial charge in [0, 0.05) is 28.1 Å². The molecule has 8 heteroatoms. The number of piperidine rings is 1. The van der Waals surface area contributed by atoms with Gasteiger partial charge in [0.15, 0.2) is 0 Å². The highest BCUT2D eigenvalue weighted by Crippen LogP contribution is 2.57. The molecule has 3 atom stereocenters. The number of hydrazone groups is 1. The Morgan fingerprint density at radius 2 is 2.00 bits per heavy atom. The summed E-state index contributed by atoms with van der Waals surface area (Å²) in [4.78, 5) is 28.2. The van der Waals surface area contributed by atoms with Crippen molar-refractivity contribution in [1.82, 2.24) is 10.3 Å². The Balaban J connectivity index is 1.83. The maximum absolute atomic E-state index is 14.0. The number of amides is 2. The van der Waals surface area contributed by atoms with E-state index in [0.29, 0.717) is 28.6 Å². The molecular formula is C24H22Cl2N4O2. The van der Waals surface area contributed by atoms with Crippen LogP contribution in [-0.2, 0) is 15.0 Å². The normalized spacial score (nSPS) is 26.2. The minimum Gasteiger partial charge on any atom is -0.341 e. The van der Waals surface area contributed by atoms with Crippen LogP contribution >= 0.6 is 23.2 Å². The number of nitrogens with one attached hydrogen (secondary N) is 2. The number of halogens is 2. The Hall–Kier alpha value is -2.83. The first-order valence-corrected chi connectivity index (χ1v) is 11.3. The molecule has 0 aliphatic carbocycles. The molecule has 2 amide bonds. The van der Waals surface area contributed by atoms with Crippen molar-refractivity contribution >= 4 is 46.5 Å². The lowest BCUT2D eigenvalue weighted by atomic mass is 9.58. The van der Waals surface area contributed by atoms with Crippen LogP contribution < -0.4 is 10.7 Å². The van der Waals surface area contributed by atoms with Crippen molar-refractivity contribution in [3.05, 3.63) is 75.8 Å². The number of fused-ring (bicyclic) bond motifs is 3. The number of carbonyl (C=O) groups excluding carboxylic acids is 2. The minimum atomic E-state index is -1.02. The van der Waals surface area contributed by atoms with Crippen LogP contribution in [0.3, 0.4) is 0 Å². The summed E-state index contributed by atoms with van der Waals surface area (Å²) in [7, 11) is 0. The molecule has 0 bridgehead atoms. The van der Waals surface area contributed by atoms with Crippen molar-refractivity contribution in [3.8, 4) is 0 Å². The van der Waals surface area contributed by atoms with Gasteiger partial charge in [0.1, 0.15) is 17.8 Å². The molecule has 164 valence electrons. The van der Waals surface area contributed by atoms with Crippen molar-refractivity contribution in [2.75, 3.05) is 11.9 Å². The second-order valence-corrected chi connectivity index (χ2v) is 9.30. The maximum Gasteiger partial charge on any atom is 0.259 e. The van der Waals surface area contributed by atoms with Gasteiger partial charge in [-0.1, -0.05) is 60.5 Å². The Morgan fingerprint density at radius 3 is 2.75 bits per heavy atom. The molecule has 32 heavy (non-hydrogen) atoms. The predicted octanol–water partition coefficient (Wildman–Crippen LogP) is 4.45. The van der Waals surface area contributed by atoms with E-state index in [9.17, 15) is 9.59 Å². The van der Waals surface area contributed by atoms with Crippen molar-refractivity contribution in [2.45, 2.75) is 37.1 Å². The van der Waals surface area contributed by atoms with E-state index in [1.54, 1.807) is 12.1 Å². The van der Waals surface area contributed by atoms with E-state index >= 15 is 0 Å². The zero-order valence-corrected chi connectivity index (χ0v) is 19.0. The van der Waals surface area contributed by atoms with Crippen molar-refractivity contribution in [3.63, 3.8) is 0 Å². The quantitative estimate of drug-likeness (QED) is 0.653. The molecule has 0 radical (unpaired) electrons. The maximum atomic E-state index is 14.0. The fourth-order valence-electron chi connectivity index (χ4n) is 5.44. The fraction of sp³-hybridized carbons (Fsp3) is 0.292. The van der Waals surface area contributed by atoms with Gasteiger partial charge in [0.05, 0.1) is 6.04 Å². The van der Waals surface area contributed by atoms with Crippen molar-refractivity contribution in [2.24, 2.45) is 5.10 Å². The first-order valence-electron chi connectivity index (χ1n) is 10.5. The van der Waals surface area contributed by atoms with Gasteiger partial charge in [-0.3, -0.25) is 9.59 Å². The summed E-state index contributed by atoms with van der Waals surface area (Å²) in [5.74, 6) is 0.107. The highest BCUT2D eigenvalue weighted by Gasteiger charge is 2.63. The van der Waals surface area contributed by atoms with E-state index in [0.717, 1.165) is 22.5 Å². The predicted molar refractivity (Wildman–Crippen MR) is 126 cm³/mol. The zero-order valence-electron chi connectivity index (χ0n) is 17.5. The molecule has 1 spiro atoms. The molecular weight excluding hydrogens is 447 g/mol. The molecule has 1 saturated heterocycles. The van der Waals surface area contributed by atoms with Crippen molar-refractivity contribution in [1.29, 1.82) is 0 Å². The first kappa shape index (κ1) is 21.0. The van der Waals surface area contributed by atoms with Gasteiger partial charge in [-0.15, -0.1) is 0 Å². The summed E-state index contributed by atoms with van der Waals surface area (Å²) < 4.78 is 0. The smallest absolute Gasteiger partial charge is 0.259 e. The van der Waals surface area contributed by atoms with Crippen LogP contribution in [0.2, 0.25) is 10.0 Å². The second kappa shape index (κ2) is 7.64. The Bertz CT molecular complexity index is 1190. The van der Waals surface area contributed by atoms with Gasteiger partial charge < -0.3 is 10.2 Å². The third-order valence-corrected chi connectivity index (χ3v) is 7.25. The Labute approximate surface area is 196 Å².